The maximum absolute atomic E-state index is 13.4. The van der Waals surface area contributed by atoms with Crippen LogP contribution < -0.4 is 15.8 Å². The highest BCUT2D eigenvalue weighted by atomic mass is 32.2. The fourth-order valence-corrected chi connectivity index (χ4v) is 6.23. The number of carbonyl (C=O) groups excluding carboxylic acids is 1. The van der Waals surface area contributed by atoms with Gasteiger partial charge in [-0.15, -0.1) is 0 Å². The van der Waals surface area contributed by atoms with Crippen LogP contribution in [-0.2, 0) is 27.6 Å². The summed E-state index contributed by atoms with van der Waals surface area (Å²) < 4.78 is 31.3. The van der Waals surface area contributed by atoms with Crippen LogP contribution in [0.5, 0.6) is 0 Å². The van der Waals surface area contributed by atoms with E-state index in [4.69, 9.17) is 22.7 Å². The molecule has 0 saturated carbocycles. The van der Waals surface area contributed by atoms with E-state index in [0.717, 1.165) is 64.5 Å². The van der Waals surface area contributed by atoms with E-state index in [-0.39, 0.29) is 11.2 Å². The van der Waals surface area contributed by atoms with Crippen molar-refractivity contribution in [3.8, 4) is 11.3 Å². The van der Waals surface area contributed by atoms with Crippen molar-refractivity contribution < 1.29 is 17.9 Å². The van der Waals surface area contributed by atoms with Crippen LogP contribution in [0.3, 0.4) is 0 Å². The zero-order chi connectivity index (χ0) is 33.6. The van der Waals surface area contributed by atoms with E-state index < -0.39 is 15.6 Å². The van der Waals surface area contributed by atoms with Gasteiger partial charge >= 0.3 is 6.09 Å². The first-order valence-corrected chi connectivity index (χ1v) is 17.7. The molecular weight excluding hydrogens is 619 g/mol. The number of benzene rings is 3. The maximum atomic E-state index is 13.4. The fraction of sp³-hybridized carbons (Fsp3) is 0.371. The third-order valence-electron chi connectivity index (χ3n) is 7.37. The number of anilines is 2. The Hall–Kier alpha value is -4.09. The number of carbonyl (C=O) groups is 1. The van der Waals surface area contributed by atoms with Gasteiger partial charge in [-0.05, 0) is 132 Å². The van der Waals surface area contributed by atoms with E-state index in [0.29, 0.717) is 25.2 Å². The lowest BCUT2D eigenvalue weighted by Crippen LogP contribution is -2.38. The summed E-state index contributed by atoms with van der Waals surface area (Å²) in [5.41, 5.74) is 14.1. The third-order valence-corrected chi connectivity index (χ3v) is 8.08. The van der Waals surface area contributed by atoms with E-state index in [9.17, 15) is 13.2 Å². The van der Waals surface area contributed by atoms with Gasteiger partial charge in [-0.1, -0.05) is 29.3 Å². The topological polar surface area (TPSA) is 130 Å². The number of nitrogens with zero attached hydrogens (tertiary/aromatic N) is 1. The Labute approximate surface area is 278 Å². The van der Waals surface area contributed by atoms with E-state index in [1.54, 1.807) is 17.0 Å². The summed E-state index contributed by atoms with van der Waals surface area (Å²) in [6, 6.07) is 19.9. The molecule has 0 aliphatic heterocycles. The van der Waals surface area contributed by atoms with Gasteiger partial charge in [-0.2, -0.15) is 0 Å². The Kier molecular flexibility index (Phi) is 11.0. The quantitative estimate of drug-likeness (QED) is 0.0926. The average Bonchev–Trinajstić information content (AvgIpc) is 3.28. The molecule has 11 heteroatoms. The first kappa shape index (κ1) is 34.8. The second kappa shape index (κ2) is 14.6. The molecule has 1 aromatic heterocycles. The molecule has 4 rings (SSSR count). The molecule has 1 amide bonds. The summed E-state index contributed by atoms with van der Waals surface area (Å²) in [5.74, 6) is 0. The molecule has 0 spiro atoms. The number of H-pyrrole nitrogens is 1. The largest absolute Gasteiger partial charge is 0.444 e. The molecule has 0 fully saturated rings. The SMILES string of the molecule is Cc1cc(C)cc(-c2[nH]c3ccc(NC(N)=S)cc3c2CCN(CCCCc2ccc(NS(C)(=O)=O)cc2)C(=O)OC(C)(C)C)c1. The van der Waals surface area contributed by atoms with Crippen molar-refractivity contribution in [3.63, 3.8) is 0 Å². The van der Waals surface area contributed by atoms with Crippen LogP contribution in [0, 0.1) is 13.8 Å². The van der Waals surface area contributed by atoms with Crippen molar-refractivity contribution in [2.75, 3.05) is 29.4 Å². The summed E-state index contributed by atoms with van der Waals surface area (Å²) >= 11 is 5.08. The van der Waals surface area contributed by atoms with E-state index in [2.05, 4.69) is 47.1 Å². The molecule has 246 valence electrons. The Morgan fingerprint density at radius 2 is 1.59 bits per heavy atom. The van der Waals surface area contributed by atoms with Gasteiger partial charge in [0.25, 0.3) is 0 Å². The van der Waals surface area contributed by atoms with Gasteiger partial charge in [0.2, 0.25) is 10.0 Å². The summed E-state index contributed by atoms with van der Waals surface area (Å²) in [4.78, 5) is 18.8. The number of fused-ring (bicyclic) bond motifs is 1. The first-order valence-electron chi connectivity index (χ1n) is 15.4. The lowest BCUT2D eigenvalue weighted by atomic mass is 9.99. The van der Waals surface area contributed by atoms with Crippen LogP contribution >= 0.6 is 12.2 Å². The number of hydrogen-bond donors (Lipinski definition) is 4. The first-order chi connectivity index (χ1) is 21.6. The van der Waals surface area contributed by atoms with Crippen molar-refractivity contribution in [1.82, 2.24) is 9.88 Å². The highest BCUT2D eigenvalue weighted by Crippen LogP contribution is 2.34. The van der Waals surface area contributed by atoms with Crippen LogP contribution in [0.15, 0.2) is 60.7 Å². The average molecular weight is 664 g/mol. The van der Waals surface area contributed by atoms with Crippen molar-refractivity contribution in [2.24, 2.45) is 5.73 Å². The minimum Gasteiger partial charge on any atom is -0.444 e. The molecule has 0 unspecified atom stereocenters. The maximum Gasteiger partial charge on any atom is 0.410 e. The number of unbranched alkanes of at least 4 members (excludes halogenated alkanes) is 1. The molecule has 0 aliphatic carbocycles. The summed E-state index contributed by atoms with van der Waals surface area (Å²) in [5, 5.41) is 4.27. The van der Waals surface area contributed by atoms with Crippen molar-refractivity contribution in [1.29, 1.82) is 0 Å². The number of aryl methyl sites for hydroxylation is 3. The van der Waals surface area contributed by atoms with Gasteiger partial charge in [0.15, 0.2) is 5.11 Å². The van der Waals surface area contributed by atoms with Crippen LogP contribution in [0.4, 0.5) is 16.2 Å². The number of thiocarbonyl (C=S) groups is 1. The van der Waals surface area contributed by atoms with Gasteiger partial charge in [0.05, 0.1) is 6.26 Å². The normalized spacial score (nSPS) is 11.8. The van der Waals surface area contributed by atoms with Gasteiger partial charge in [-0.3, -0.25) is 4.72 Å². The molecule has 0 saturated heterocycles. The van der Waals surface area contributed by atoms with Gasteiger partial charge in [-0.25, -0.2) is 13.2 Å². The highest BCUT2D eigenvalue weighted by Gasteiger charge is 2.23. The van der Waals surface area contributed by atoms with Crippen molar-refractivity contribution in [2.45, 2.75) is 65.9 Å². The predicted octanol–water partition coefficient (Wildman–Crippen LogP) is 7.28. The molecule has 0 atom stereocenters. The number of nitrogens with two attached hydrogens (primary N) is 1. The Morgan fingerprint density at radius 1 is 0.935 bits per heavy atom. The van der Waals surface area contributed by atoms with Crippen molar-refractivity contribution >= 4 is 55.7 Å². The number of sulfonamides is 1. The van der Waals surface area contributed by atoms with Gasteiger partial charge in [0.1, 0.15) is 5.60 Å². The molecule has 4 aromatic rings. The van der Waals surface area contributed by atoms with Crippen LogP contribution in [0.25, 0.3) is 22.2 Å². The molecule has 9 nitrogen and oxygen atoms in total. The number of nitrogens with one attached hydrogen (secondary N) is 3. The summed E-state index contributed by atoms with van der Waals surface area (Å²) in [6.07, 6.45) is 3.83. The van der Waals surface area contributed by atoms with E-state index in [1.165, 1.54) is 11.1 Å². The molecule has 0 radical (unpaired) electrons. The Balaban J connectivity index is 1.55. The van der Waals surface area contributed by atoms with Crippen LogP contribution in [0.2, 0.25) is 0 Å². The molecule has 3 aromatic carbocycles. The number of rotatable bonds is 12. The monoisotopic (exact) mass is 663 g/mol. The number of hydrogen-bond acceptors (Lipinski definition) is 5. The zero-order valence-electron chi connectivity index (χ0n) is 27.5. The standard InChI is InChI=1S/C35H45N5O4S2/c1-23-19-24(2)21-26(20-23)32-29(30-22-28(37-33(36)45)14-15-31(30)38-32)16-18-40(34(41)44-35(3,4)5)17-8-7-9-25-10-12-27(13-11-25)39-46(6,42)43/h10-15,19-22,38-39H,7-9,16-18H2,1-6H3,(H3,36,37,45). The smallest absolute Gasteiger partial charge is 0.410 e. The second-order valence-electron chi connectivity index (χ2n) is 12.9. The molecule has 46 heavy (non-hydrogen) atoms. The highest BCUT2D eigenvalue weighted by molar-refractivity contribution is 7.92. The molecule has 0 bridgehead atoms. The summed E-state index contributed by atoms with van der Waals surface area (Å²) in [6.45, 7) is 10.8. The molecule has 0 aliphatic rings. The fourth-order valence-electron chi connectivity index (χ4n) is 5.55. The third kappa shape index (κ3) is 10.2. The molecule has 1 heterocycles. The second-order valence-corrected chi connectivity index (χ2v) is 15.0. The number of ether oxygens (including phenoxy) is 1. The van der Waals surface area contributed by atoms with Crippen LogP contribution in [0.1, 0.15) is 55.9 Å². The molecular formula is C35H45N5O4S2. The Morgan fingerprint density at radius 3 is 2.20 bits per heavy atom. The Bertz CT molecular complexity index is 1790. The predicted molar refractivity (Wildman–Crippen MR) is 193 cm³/mol. The zero-order valence-corrected chi connectivity index (χ0v) is 29.1. The number of amides is 1. The minimum absolute atomic E-state index is 0.198. The van der Waals surface area contributed by atoms with E-state index in [1.807, 2.05) is 51.1 Å². The number of aromatic amines is 1. The lowest BCUT2D eigenvalue weighted by molar-refractivity contribution is 0.0249. The van der Waals surface area contributed by atoms with E-state index >= 15 is 0 Å². The van der Waals surface area contributed by atoms with Crippen LogP contribution in [-0.4, -0.2) is 54.5 Å². The number of aromatic nitrogens is 1. The summed E-state index contributed by atoms with van der Waals surface area (Å²) in [7, 11) is -3.32. The molecule has 5 N–H and O–H groups in total. The van der Waals surface area contributed by atoms with Crippen molar-refractivity contribution in [3.05, 3.63) is 82.9 Å². The minimum atomic E-state index is -3.32. The van der Waals surface area contributed by atoms with Gasteiger partial charge < -0.3 is 25.7 Å². The van der Waals surface area contributed by atoms with Gasteiger partial charge in [0, 0.05) is 41.1 Å². The lowest BCUT2D eigenvalue weighted by Gasteiger charge is -2.27.